The number of hydrogen-bond acceptors (Lipinski definition) is 4. The Balaban J connectivity index is 2.12. The lowest BCUT2D eigenvalue weighted by Gasteiger charge is -2.19. The van der Waals surface area contributed by atoms with Gasteiger partial charge in [0.2, 0.25) is 5.28 Å². The largest absolute Gasteiger partial charge is 0.396 e. The van der Waals surface area contributed by atoms with Gasteiger partial charge in [0.25, 0.3) is 0 Å². The topological polar surface area (TPSA) is 78.5 Å². The van der Waals surface area contributed by atoms with E-state index < -0.39 is 24.2 Å². The van der Waals surface area contributed by atoms with Crippen LogP contribution in [0, 0.1) is 5.92 Å². The molecule has 5 nitrogen and oxygen atoms in total. The minimum Gasteiger partial charge on any atom is -0.396 e. The lowest BCUT2D eigenvalue weighted by atomic mass is 10.1. The fourth-order valence-electron chi connectivity index (χ4n) is 2.91. The number of benzene rings is 1. The second-order valence-electron chi connectivity index (χ2n) is 5.23. The first kappa shape index (κ1) is 15.3. The summed E-state index contributed by atoms with van der Waals surface area (Å²) in [5.41, 5.74) is 1.19. The molecule has 3 N–H and O–H groups in total. The van der Waals surface area contributed by atoms with Gasteiger partial charge < -0.3 is 19.9 Å². The van der Waals surface area contributed by atoms with E-state index in [9.17, 15) is 15.3 Å². The van der Waals surface area contributed by atoms with Gasteiger partial charge in [0.1, 0.15) is 6.10 Å². The molecule has 1 heterocycles. The first-order valence-corrected chi connectivity index (χ1v) is 7.57. The number of aliphatic hydroxyl groups excluding tert-OH is 3. The maximum Gasteiger partial charge on any atom is 0.204 e. The molecular weight excluding hydrogens is 339 g/mol. The molecule has 8 heteroatoms. The van der Waals surface area contributed by atoms with Crippen LogP contribution in [-0.2, 0) is 0 Å². The lowest BCUT2D eigenvalue weighted by molar-refractivity contribution is -0.00362. The van der Waals surface area contributed by atoms with Crippen LogP contribution in [0.3, 0.4) is 0 Å². The maximum absolute atomic E-state index is 10.2. The summed E-state index contributed by atoms with van der Waals surface area (Å²) in [6.45, 7) is -0.203. The van der Waals surface area contributed by atoms with Crippen LogP contribution in [0.25, 0.3) is 11.0 Å². The third-order valence-corrected chi connectivity index (χ3v) is 5.01. The number of aliphatic hydroxyl groups is 3. The molecule has 1 aromatic carbocycles. The monoisotopic (exact) mass is 350 g/mol. The molecule has 0 amide bonds. The van der Waals surface area contributed by atoms with Crippen molar-refractivity contribution in [2.75, 3.05) is 6.61 Å². The molecule has 1 aliphatic carbocycles. The molecule has 0 saturated heterocycles. The summed E-state index contributed by atoms with van der Waals surface area (Å²) in [7, 11) is 0. The van der Waals surface area contributed by atoms with Crippen molar-refractivity contribution in [3.05, 3.63) is 27.5 Å². The molecule has 0 aliphatic heterocycles. The summed E-state index contributed by atoms with van der Waals surface area (Å²) in [5.74, 6) is -0.402. The summed E-state index contributed by atoms with van der Waals surface area (Å²) < 4.78 is 1.63. The van der Waals surface area contributed by atoms with E-state index in [1.54, 1.807) is 16.7 Å². The molecule has 1 aromatic heterocycles. The Morgan fingerprint density at radius 2 is 1.81 bits per heavy atom. The Morgan fingerprint density at radius 1 is 1.14 bits per heavy atom. The minimum atomic E-state index is -1.04. The number of hydrogen-bond donors (Lipinski definition) is 3. The third kappa shape index (κ3) is 2.42. The molecule has 114 valence electrons. The SMILES string of the molecule is OCC1CC(n2c(Cl)nc3cc(Cl)c(Cl)cc32)C(O)C1O. The predicted molar refractivity (Wildman–Crippen MR) is 81.0 cm³/mol. The number of fused-ring (bicyclic) bond motifs is 1. The van der Waals surface area contributed by atoms with Crippen molar-refractivity contribution in [2.45, 2.75) is 24.7 Å². The zero-order valence-corrected chi connectivity index (χ0v) is 13.0. The van der Waals surface area contributed by atoms with Crippen molar-refractivity contribution >= 4 is 45.8 Å². The molecule has 4 unspecified atom stereocenters. The standard InChI is InChI=1S/C13H13Cl3N2O3/c14-6-2-8-9(3-7(6)15)18(13(16)17-8)10-1-5(4-19)11(20)12(10)21/h2-3,5,10-12,19-21H,1,4H2. The molecule has 1 aliphatic rings. The number of nitrogens with zero attached hydrogens (tertiary/aromatic N) is 2. The highest BCUT2D eigenvalue weighted by molar-refractivity contribution is 6.42. The van der Waals surface area contributed by atoms with E-state index in [1.165, 1.54) is 0 Å². The number of halogens is 3. The average Bonchev–Trinajstić information content (AvgIpc) is 2.89. The summed E-state index contributed by atoms with van der Waals surface area (Å²) in [5, 5.41) is 30.3. The quantitative estimate of drug-likeness (QED) is 0.775. The maximum atomic E-state index is 10.2. The highest BCUT2D eigenvalue weighted by atomic mass is 35.5. The Bertz CT molecular complexity index is 691. The molecule has 1 saturated carbocycles. The Kier molecular flexibility index (Phi) is 4.07. The normalized spacial score (nSPS) is 29.4. The fraction of sp³-hybridized carbons (Fsp3) is 0.462. The second kappa shape index (κ2) is 5.57. The summed E-state index contributed by atoms with van der Waals surface area (Å²) >= 11 is 18.2. The zero-order valence-electron chi connectivity index (χ0n) is 10.7. The van der Waals surface area contributed by atoms with Crippen LogP contribution >= 0.6 is 34.8 Å². The first-order chi connectivity index (χ1) is 9.93. The Morgan fingerprint density at radius 3 is 2.43 bits per heavy atom. The Hall–Kier alpha value is -0.560. The van der Waals surface area contributed by atoms with Gasteiger partial charge in [-0.2, -0.15) is 0 Å². The molecule has 2 aromatic rings. The van der Waals surface area contributed by atoms with Gasteiger partial charge in [0, 0.05) is 12.5 Å². The van der Waals surface area contributed by atoms with E-state index in [0.29, 0.717) is 27.5 Å². The van der Waals surface area contributed by atoms with E-state index in [4.69, 9.17) is 34.8 Å². The molecule has 4 atom stereocenters. The molecule has 1 fully saturated rings. The van der Waals surface area contributed by atoms with E-state index in [0.717, 1.165) is 0 Å². The van der Waals surface area contributed by atoms with Gasteiger partial charge in [-0.05, 0) is 30.2 Å². The van der Waals surface area contributed by atoms with Gasteiger partial charge in [-0.15, -0.1) is 0 Å². The smallest absolute Gasteiger partial charge is 0.204 e. The molecule has 0 bridgehead atoms. The van der Waals surface area contributed by atoms with Gasteiger partial charge in [-0.25, -0.2) is 4.98 Å². The van der Waals surface area contributed by atoms with Crippen molar-refractivity contribution in [2.24, 2.45) is 5.92 Å². The van der Waals surface area contributed by atoms with Crippen LogP contribution in [-0.4, -0.2) is 43.7 Å². The van der Waals surface area contributed by atoms with E-state index >= 15 is 0 Å². The first-order valence-electron chi connectivity index (χ1n) is 6.43. The molecule has 0 spiro atoms. The van der Waals surface area contributed by atoms with Crippen molar-refractivity contribution < 1.29 is 15.3 Å². The van der Waals surface area contributed by atoms with Crippen LogP contribution < -0.4 is 0 Å². The predicted octanol–water partition coefficient (Wildman–Crippen LogP) is 2.27. The van der Waals surface area contributed by atoms with E-state index in [2.05, 4.69) is 4.98 Å². The van der Waals surface area contributed by atoms with Gasteiger partial charge in [0.15, 0.2) is 0 Å². The fourth-order valence-corrected chi connectivity index (χ4v) is 3.54. The van der Waals surface area contributed by atoms with Crippen molar-refractivity contribution in [3.8, 4) is 0 Å². The van der Waals surface area contributed by atoms with Crippen LogP contribution in [0.4, 0.5) is 0 Å². The highest BCUT2D eigenvalue weighted by Gasteiger charge is 2.43. The summed E-state index contributed by atoms with van der Waals surface area (Å²) in [6, 6.07) is 2.75. The third-order valence-electron chi connectivity index (χ3n) is 4.03. The van der Waals surface area contributed by atoms with Crippen LogP contribution in [0.15, 0.2) is 12.1 Å². The van der Waals surface area contributed by atoms with Crippen molar-refractivity contribution in [1.29, 1.82) is 0 Å². The molecule has 0 radical (unpaired) electrons. The van der Waals surface area contributed by atoms with Gasteiger partial charge in [0.05, 0.1) is 33.2 Å². The van der Waals surface area contributed by atoms with Crippen LogP contribution in [0.1, 0.15) is 12.5 Å². The van der Waals surface area contributed by atoms with E-state index in [-0.39, 0.29) is 11.9 Å². The van der Waals surface area contributed by atoms with Crippen molar-refractivity contribution in [3.63, 3.8) is 0 Å². The molecule has 3 rings (SSSR count). The number of aromatic nitrogens is 2. The zero-order chi connectivity index (χ0) is 15.3. The lowest BCUT2D eigenvalue weighted by Crippen LogP contribution is -2.30. The van der Waals surface area contributed by atoms with Gasteiger partial charge >= 0.3 is 0 Å². The van der Waals surface area contributed by atoms with Crippen LogP contribution in [0.5, 0.6) is 0 Å². The minimum absolute atomic E-state index is 0.179. The second-order valence-corrected chi connectivity index (χ2v) is 6.39. The molecule has 21 heavy (non-hydrogen) atoms. The van der Waals surface area contributed by atoms with Gasteiger partial charge in [-0.1, -0.05) is 23.2 Å². The summed E-state index contributed by atoms with van der Waals surface area (Å²) in [4.78, 5) is 4.20. The number of rotatable bonds is 2. The Labute approximate surface area is 135 Å². The molecular formula is C13H13Cl3N2O3. The number of imidazole rings is 1. The van der Waals surface area contributed by atoms with E-state index in [1.807, 2.05) is 0 Å². The van der Waals surface area contributed by atoms with Crippen molar-refractivity contribution in [1.82, 2.24) is 9.55 Å². The average molecular weight is 352 g/mol. The van der Waals surface area contributed by atoms with Crippen LogP contribution in [0.2, 0.25) is 15.3 Å². The van der Waals surface area contributed by atoms with Gasteiger partial charge in [-0.3, -0.25) is 0 Å². The summed E-state index contributed by atoms with van der Waals surface area (Å²) in [6.07, 6.45) is -1.65. The highest BCUT2D eigenvalue weighted by Crippen LogP contribution is 2.40.